The number of carbonyl (C=O) groups is 1. The number of piperazine rings is 1. The van der Waals surface area contributed by atoms with E-state index in [4.69, 9.17) is 4.74 Å². The summed E-state index contributed by atoms with van der Waals surface area (Å²) in [5, 5.41) is 0. The molecule has 8 nitrogen and oxygen atoms in total. The number of fused-ring (bicyclic) bond motifs is 1. The minimum atomic E-state index is -0.433. The zero-order chi connectivity index (χ0) is 24.4. The van der Waals surface area contributed by atoms with Crippen LogP contribution < -0.4 is 4.90 Å². The van der Waals surface area contributed by atoms with Crippen LogP contribution in [0.3, 0.4) is 0 Å². The summed E-state index contributed by atoms with van der Waals surface area (Å²) < 4.78 is 14.2. The van der Waals surface area contributed by atoms with E-state index in [9.17, 15) is 4.79 Å². The van der Waals surface area contributed by atoms with Crippen LogP contribution in [-0.4, -0.2) is 81.0 Å². The molecule has 33 heavy (non-hydrogen) atoms. The Morgan fingerprint density at radius 3 is 2.27 bits per heavy atom. The van der Waals surface area contributed by atoms with E-state index < -0.39 is 5.60 Å². The van der Waals surface area contributed by atoms with Gasteiger partial charge in [0.2, 0.25) is 0 Å². The van der Waals surface area contributed by atoms with Gasteiger partial charge in [-0.3, -0.25) is 4.90 Å². The van der Waals surface area contributed by atoms with Crippen molar-refractivity contribution in [3.63, 3.8) is 0 Å². The van der Waals surface area contributed by atoms with Gasteiger partial charge >= 0.3 is 6.09 Å². The van der Waals surface area contributed by atoms with E-state index in [-0.39, 0.29) is 6.09 Å². The number of ether oxygens (including phenoxy) is 1. The normalized spacial score (nSPS) is 17.7. The minimum Gasteiger partial charge on any atom is -0.444 e. The molecule has 0 N–H and O–H groups in total. The predicted octanol–water partition coefficient (Wildman–Crippen LogP) is 4.91. The van der Waals surface area contributed by atoms with Gasteiger partial charge in [-0.25, -0.2) is 9.78 Å². The summed E-state index contributed by atoms with van der Waals surface area (Å²) in [4.78, 5) is 23.3. The van der Waals surface area contributed by atoms with Gasteiger partial charge < -0.3 is 14.5 Å². The van der Waals surface area contributed by atoms with Crippen LogP contribution in [0.5, 0.6) is 0 Å². The molecule has 0 saturated carbocycles. The zero-order valence-electron chi connectivity index (χ0n) is 21.5. The molecule has 1 amide bonds. The quantitative estimate of drug-likeness (QED) is 0.620. The summed E-state index contributed by atoms with van der Waals surface area (Å²) >= 11 is 1.23. The molecule has 0 atom stereocenters. The van der Waals surface area contributed by atoms with Gasteiger partial charge in [0.25, 0.3) is 0 Å². The van der Waals surface area contributed by atoms with Gasteiger partial charge in [0, 0.05) is 52.0 Å². The fraction of sp³-hybridized carbons (Fsp3) is 0.750. The van der Waals surface area contributed by atoms with Gasteiger partial charge in [-0.1, -0.05) is 27.7 Å². The molecular weight excluding hydrogens is 436 g/mol. The third kappa shape index (κ3) is 7.78. The van der Waals surface area contributed by atoms with Gasteiger partial charge in [0.1, 0.15) is 11.1 Å². The second-order valence-corrected chi connectivity index (χ2v) is 9.49. The Bertz CT molecular complexity index is 837. The van der Waals surface area contributed by atoms with Gasteiger partial charge in [-0.15, -0.1) is 0 Å². The summed E-state index contributed by atoms with van der Waals surface area (Å²) in [5.41, 5.74) is 2.40. The molecule has 2 aliphatic rings. The lowest BCUT2D eigenvalue weighted by Crippen LogP contribution is -2.51. The van der Waals surface area contributed by atoms with Crippen LogP contribution in [0.2, 0.25) is 0 Å². The van der Waals surface area contributed by atoms with Crippen molar-refractivity contribution in [3.05, 3.63) is 12.3 Å². The van der Waals surface area contributed by atoms with Gasteiger partial charge in [0.05, 0.1) is 17.4 Å². The summed E-state index contributed by atoms with van der Waals surface area (Å²) in [7, 11) is 0. The summed E-state index contributed by atoms with van der Waals surface area (Å²) in [6.07, 6.45) is 3.99. The summed E-state index contributed by atoms with van der Waals surface area (Å²) in [5.74, 6) is 0.699. The highest BCUT2D eigenvalue weighted by molar-refractivity contribution is 7.00. The molecule has 0 aromatic carbocycles. The van der Waals surface area contributed by atoms with E-state index >= 15 is 0 Å². The lowest BCUT2D eigenvalue weighted by molar-refractivity contribution is 0.0130. The first kappa shape index (κ1) is 27.2. The van der Waals surface area contributed by atoms with Crippen molar-refractivity contribution in [2.24, 2.45) is 5.92 Å². The van der Waals surface area contributed by atoms with E-state index in [2.05, 4.69) is 29.6 Å². The van der Waals surface area contributed by atoms with Crippen LogP contribution in [0.4, 0.5) is 10.5 Å². The van der Waals surface area contributed by atoms with E-state index in [1.807, 2.05) is 59.6 Å². The van der Waals surface area contributed by atoms with Gasteiger partial charge in [-0.2, -0.15) is 8.75 Å². The molecule has 9 heteroatoms. The Labute approximate surface area is 203 Å². The molecule has 0 spiro atoms. The third-order valence-electron chi connectivity index (χ3n) is 5.64. The average Bonchev–Trinajstić information content (AvgIpc) is 3.31. The van der Waals surface area contributed by atoms with Crippen molar-refractivity contribution in [3.8, 4) is 0 Å². The molecule has 186 valence electrons. The van der Waals surface area contributed by atoms with Crippen LogP contribution in [0.1, 0.15) is 61.3 Å². The van der Waals surface area contributed by atoms with Crippen LogP contribution in [0, 0.1) is 5.92 Å². The third-order valence-corrected chi connectivity index (χ3v) is 6.16. The Morgan fingerprint density at radius 2 is 1.67 bits per heavy atom. The van der Waals surface area contributed by atoms with E-state index in [0.29, 0.717) is 5.92 Å². The molecule has 0 aliphatic carbocycles. The fourth-order valence-electron chi connectivity index (χ4n) is 4.10. The number of carbonyl (C=O) groups excluding carboxylic acids is 1. The van der Waals surface area contributed by atoms with Crippen LogP contribution in [0.15, 0.2) is 12.3 Å². The molecule has 4 heterocycles. The second kappa shape index (κ2) is 13.0. The molecule has 0 bridgehead atoms. The molecule has 2 aromatic heterocycles. The number of nitrogens with zero attached hydrogens (tertiary/aromatic N) is 6. The first-order valence-corrected chi connectivity index (χ1v) is 13.1. The number of rotatable bonds is 3. The number of piperidine rings is 1. The molecular formula is C24H42N6O2S. The molecule has 0 unspecified atom stereocenters. The summed E-state index contributed by atoms with van der Waals surface area (Å²) in [6, 6.07) is 2.06. The van der Waals surface area contributed by atoms with Crippen molar-refractivity contribution in [2.75, 3.05) is 50.7 Å². The number of aromatic nitrogens is 3. The van der Waals surface area contributed by atoms with Crippen molar-refractivity contribution in [1.29, 1.82) is 0 Å². The highest BCUT2D eigenvalue weighted by Crippen LogP contribution is 2.28. The smallest absolute Gasteiger partial charge is 0.410 e. The topological polar surface area (TPSA) is 74.7 Å². The van der Waals surface area contributed by atoms with E-state index in [0.717, 1.165) is 62.7 Å². The molecule has 0 radical (unpaired) electrons. The Kier molecular flexibility index (Phi) is 10.8. The number of amides is 1. The minimum absolute atomic E-state index is 0.189. The van der Waals surface area contributed by atoms with Crippen molar-refractivity contribution < 1.29 is 9.53 Å². The first-order chi connectivity index (χ1) is 15.9. The van der Waals surface area contributed by atoms with Crippen LogP contribution in [0.25, 0.3) is 11.2 Å². The van der Waals surface area contributed by atoms with Crippen LogP contribution >= 0.6 is 11.7 Å². The maximum absolute atomic E-state index is 12.2. The average molecular weight is 479 g/mol. The lowest BCUT2D eigenvalue weighted by Gasteiger charge is -2.39. The predicted molar refractivity (Wildman–Crippen MR) is 137 cm³/mol. The van der Waals surface area contributed by atoms with Crippen molar-refractivity contribution >= 4 is 34.7 Å². The molecule has 2 aliphatic heterocycles. The number of hydrogen-bond donors (Lipinski definition) is 0. The maximum Gasteiger partial charge on any atom is 0.410 e. The van der Waals surface area contributed by atoms with E-state index in [1.165, 1.54) is 24.6 Å². The zero-order valence-corrected chi connectivity index (χ0v) is 22.3. The van der Waals surface area contributed by atoms with Crippen LogP contribution in [-0.2, 0) is 4.74 Å². The maximum atomic E-state index is 12.2. The molecule has 2 fully saturated rings. The molecule has 2 aromatic rings. The Hall–Kier alpha value is -2.00. The van der Waals surface area contributed by atoms with Gasteiger partial charge in [-0.05, 0) is 45.6 Å². The first-order valence-electron chi connectivity index (χ1n) is 12.4. The monoisotopic (exact) mass is 478 g/mol. The van der Waals surface area contributed by atoms with E-state index in [1.54, 1.807) is 0 Å². The summed E-state index contributed by atoms with van der Waals surface area (Å²) in [6.45, 7) is 20.3. The number of hydrogen-bond acceptors (Lipinski definition) is 8. The van der Waals surface area contributed by atoms with Gasteiger partial charge in [0.15, 0.2) is 5.65 Å². The number of pyridine rings is 1. The lowest BCUT2D eigenvalue weighted by atomic mass is 9.95. The fourth-order valence-corrected chi connectivity index (χ4v) is 4.61. The highest BCUT2D eigenvalue weighted by Gasteiger charge is 2.28. The standard InChI is InChI=1S/C20H30N6O2S.2C2H6/c1-20(2,3)28-19(27)26-12-10-24(11-13-26)14-15-5-8-25(9-6-15)16-4-7-21-18-17(16)22-29-23-18;2*1-2/h4,7,15H,5-6,8-14H2,1-3H3;2*1-2H3. The van der Waals surface area contributed by atoms with Crippen molar-refractivity contribution in [1.82, 2.24) is 23.5 Å². The SMILES string of the molecule is CC.CC.CC(C)(C)OC(=O)N1CCN(CC2CCN(c3ccnc4nsnc34)CC2)CC1. The molecule has 2 saturated heterocycles. The second-order valence-electron chi connectivity index (χ2n) is 8.96. The largest absolute Gasteiger partial charge is 0.444 e. The highest BCUT2D eigenvalue weighted by atomic mass is 32.1. The number of anilines is 1. The Morgan fingerprint density at radius 1 is 1.03 bits per heavy atom. The van der Waals surface area contributed by atoms with Crippen molar-refractivity contribution in [2.45, 2.75) is 66.9 Å². The molecule has 4 rings (SSSR count). The Balaban J connectivity index is 0.000000914.